The third-order valence-corrected chi connectivity index (χ3v) is 3.10. The van der Waals surface area contributed by atoms with E-state index in [0.717, 1.165) is 23.3 Å². The van der Waals surface area contributed by atoms with E-state index in [1.54, 1.807) is 7.11 Å². The van der Waals surface area contributed by atoms with Crippen LogP contribution in [-0.2, 0) is 0 Å². The van der Waals surface area contributed by atoms with Crippen molar-refractivity contribution in [1.29, 1.82) is 0 Å². The fourth-order valence-corrected chi connectivity index (χ4v) is 2.12. The van der Waals surface area contributed by atoms with Gasteiger partial charge in [-0.3, -0.25) is 4.79 Å². The van der Waals surface area contributed by atoms with Crippen molar-refractivity contribution in [2.75, 3.05) is 13.7 Å². The fraction of sp³-hybridized carbons (Fsp3) is 0.235. The van der Waals surface area contributed by atoms with E-state index in [1.807, 2.05) is 55.5 Å². The molecule has 104 valence electrons. The third-order valence-electron chi connectivity index (χ3n) is 3.10. The lowest BCUT2D eigenvalue weighted by atomic mass is 9.98. The molecule has 0 aromatic heterocycles. The molecule has 1 N–H and O–H groups in total. The molecular formula is C17H19NO2. The van der Waals surface area contributed by atoms with Gasteiger partial charge in [0.2, 0.25) is 0 Å². The Morgan fingerprint density at radius 2 is 1.70 bits per heavy atom. The summed E-state index contributed by atoms with van der Waals surface area (Å²) in [6.45, 7) is 2.71. The molecule has 0 unspecified atom stereocenters. The number of rotatable bonds is 5. The van der Waals surface area contributed by atoms with Gasteiger partial charge in [0.05, 0.1) is 7.11 Å². The van der Waals surface area contributed by atoms with Crippen molar-refractivity contribution in [3.05, 3.63) is 54.1 Å². The van der Waals surface area contributed by atoms with E-state index in [0.29, 0.717) is 12.1 Å². The molecule has 3 nitrogen and oxygen atoms in total. The number of hydrogen-bond acceptors (Lipinski definition) is 2. The summed E-state index contributed by atoms with van der Waals surface area (Å²) >= 11 is 0. The second kappa shape index (κ2) is 6.75. The fourth-order valence-electron chi connectivity index (χ4n) is 2.12. The molecule has 20 heavy (non-hydrogen) atoms. The SMILES string of the molecule is CCCNC(=O)c1ccccc1-c1ccccc1OC. The van der Waals surface area contributed by atoms with E-state index < -0.39 is 0 Å². The van der Waals surface area contributed by atoms with Gasteiger partial charge in [-0.2, -0.15) is 0 Å². The van der Waals surface area contributed by atoms with Crippen LogP contribution in [0, 0.1) is 0 Å². The van der Waals surface area contributed by atoms with E-state index in [-0.39, 0.29) is 5.91 Å². The van der Waals surface area contributed by atoms with Gasteiger partial charge in [0.25, 0.3) is 5.91 Å². The minimum Gasteiger partial charge on any atom is -0.496 e. The van der Waals surface area contributed by atoms with Gasteiger partial charge in [-0.25, -0.2) is 0 Å². The summed E-state index contributed by atoms with van der Waals surface area (Å²) in [5.41, 5.74) is 2.49. The molecule has 2 aromatic carbocycles. The van der Waals surface area contributed by atoms with Gasteiger partial charge in [0.1, 0.15) is 5.75 Å². The van der Waals surface area contributed by atoms with E-state index >= 15 is 0 Å². The van der Waals surface area contributed by atoms with Crippen molar-refractivity contribution in [1.82, 2.24) is 5.32 Å². The lowest BCUT2D eigenvalue weighted by Crippen LogP contribution is -2.24. The van der Waals surface area contributed by atoms with Crippen LogP contribution in [0.3, 0.4) is 0 Å². The zero-order chi connectivity index (χ0) is 14.4. The maximum absolute atomic E-state index is 12.2. The Hall–Kier alpha value is -2.29. The Morgan fingerprint density at radius 3 is 2.40 bits per heavy atom. The Balaban J connectivity index is 2.44. The van der Waals surface area contributed by atoms with Crippen LogP contribution in [0.25, 0.3) is 11.1 Å². The van der Waals surface area contributed by atoms with Crippen molar-refractivity contribution in [2.24, 2.45) is 0 Å². The molecule has 3 heteroatoms. The van der Waals surface area contributed by atoms with Gasteiger partial charge >= 0.3 is 0 Å². The summed E-state index contributed by atoms with van der Waals surface area (Å²) < 4.78 is 5.38. The third kappa shape index (κ3) is 2.99. The molecule has 0 aliphatic rings. The first kappa shape index (κ1) is 14.1. The summed E-state index contributed by atoms with van der Waals surface area (Å²) in [5, 5.41) is 2.92. The topological polar surface area (TPSA) is 38.3 Å². The number of para-hydroxylation sites is 1. The highest BCUT2D eigenvalue weighted by molar-refractivity contribution is 6.01. The minimum atomic E-state index is -0.0478. The van der Waals surface area contributed by atoms with Crippen LogP contribution in [0.2, 0.25) is 0 Å². The van der Waals surface area contributed by atoms with Crippen LogP contribution in [0.5, 0.6) is 5.75 Å². The van der Waals surface area contributed by atoms with Crippen LogP contribution < -0.4 is 10.1 Å². The van der Waals surface area contributed by atoms with Crippen molar-refractivity contribution in [2.45, 2.75) is 13.3 Å². The predicted molar refractivity (Wildman–Crippen MR) is 81.1 cm³/mol. The molecule has 0 heterocycles. The monoisotopic (exact) mass is 269 g/mol. The number of amides is 1. The molecule has 0 atom stereocenters. The first-order valence-electron chi connectivity index (χ1n) is 6.78. The van der Waals surface area contributed by atoms with Crippen molar-refractivity contribution >= 4 is 5.91 Å². The van der Waals surface area contributed by atoms with Gasteiger partial charge < -0.3 is 10.1 Å². The first-order valence-corrected chi connectivity index (χ1v) is 6.78. The largest absolute Gasteiger partial charge is 0.496 e. The number of carbonyl (C=O) groups excluding carboxylic acids is 1. The van der Waals surface area contributed by atoms with Gasteiger partial charge in [-0.15, -0.1) is 0 Å². The van der Waals surface area contributed by atoms with Crippen molar-refractivity contribution < 1.29 is 9.53 Å². The summed E-state index contributed by atoms with van der Waals surface area (Å²) in [6.07, 6.45) is 0.919. The quantitative estimate of drug-likeness (QED) is 0.902. The molecule has 0 fully saturated rings. The van der Waals surface area contributed by atoms with E-state index in [2.05, 4.69) is 5.32 Å². The van der Waals surface area contributed by atoms with Crippen molar-refractivity contribution in [3.63, 3.8) is 0 Å². The molecule has 0 aliphatic heterocycles. The van der Waals surface area contributed by atoms with Crippen LogP contribution in [0.4, 0.5) is 0 Å². The molecule has 0 saturated carbocycles. The summed E-state index contributed by atoms with van der Waals surface area (Å²) in [7, 11) is 1.64. The smallest absolute Gasteiger partial charge is 0.251 e. The Bertz CT molecular complexity index is 593. The number of hydrogen-bond donors (Lipinski definition) is 1. The lowest BCUT2D eigenvalue weighted by Gasteiger charge is -2.12. The van der Waals surface area contributed by atoms with Crippen LogP contribution in [-0.4, -0.2) is 19.6 Å². The average molecular weight is 269 g/mol. The standard InChI is InChI=1S/C17H19NO2/c1-3-12-18-17(19)15-10-5-4-8-13(15)14-9-6-7-11-16(14)20-2/h4-11H,3,12H2,1-2H3,(H,18,19). The number of benzene rings is 2. The van der Waals surface area contributed by atoms with E-state index in [1.165, 1.54) is 0 Å². The molecule has 0 aliphatic carbocycles. The Morgan fingerprint density at radius 1 is 1.05 bits per heavy atom. The zero-order valence-electron chi connectivity index (χ0n) is 11.8. The van der Waals surface area contributed by atoms with Gasteiger partial charge in [0, 0.05) is 17.7 Å². The maximum Gasteiger partial charge on any atom is 0.251 e. The van der Waals surface area contributed by atoms with Gasteiger partial charge in [-0.1, -0.05) is 43.3 Å². The highest BCUT2D eigenvalue weighted by Crippen LogP contribution is 2.31. The molecule has 0 saturated heterocycles. The summed E-state index contributed by atoms with van der Waals surface area (Å²) in [6, 6.07) is 15.3. The molecular weight excluding hydrogens is 250 g/mol. The summed E-state index contributed by atoms with van der Waals surface area (Å²) in [5.74, 6) is 0.719. The van der Waals surface area contributed by atoms with E-state index in [4.69, 9.17) is 4.74 Å². The number of ether oxygens (including phenoxy) is 1. The van der Waals surface area contributed by atoms with Gasteiger partial charge in [0.15, 0.2) is 0 Å². The van der Waals surface area contributed by atoms with Gasteiger partial charge in [-0.05, 0) is 24.1 Å². The maximum atomic E-state index is 12.2. The average Bonchev–Trinajstić information content (AvgIpc) is 2.52. The predicted octanol–water partition coefficient (Wildman–Crippen LogP) is 3.50. The summed E-state index contributed by atoms with van der Waals surface area (Å²) in [4.78, 5) is 12.2. The number of nitrogens with one attached hydrogen (secondary N) is 1. The van der Waals surface area contributed by atoms with Crippen LogP contribution in [0.1, 0.15) is 23.7 Å². The molecule has 1 amide bonds. The van der Waals surface area contributed by atoms with Crippen LogP contribution >= 0.6 is 0 Å². The lowest BCUT2D eigenvalue weighted by molar-refractivity contribution is 0.0954. The molecule has 0 spiro atoms. The highest BCUT2D eigenvalue weighted by atomic mass is 16.5. The van der Waals surface area contributed by atoms with Crippen molar-refractivity contribution in [3.8, 4) is 16.9 Å². The second-order valence-corrected chi connectivity index (χ2v) is 4.50. The second-order valence-electron chi connectivity index (χ2n) is 4.50. The highest BCUT2D eigenvalue weighted by Gasteiger charge is 2.14. The molecule has 0 radical (unpaired) electrons. The molecule has 0 bridgehead atoms. The Kier molecular flexibility index (Phi) is 4.77. The normalized spacial score (nSPS) is 10.1. The Labute approximate surface area is 119 Å². The minimum absolute atomic E-state index is 0.0478. The number of carbonyl (C=O) groups is 1. The molecule has 2 aromatic rings. The molecule has 2 rings (SSSR count). The number of methoxy groups -OCH3 is 1. The van der Waals surface area contributed by atoms with E-state index in [9.17, 15) is 4.79 Å². The first-order chi connectivity index (χ1) is 9.77. The van der Waals surface area contributed by atoms with Crippen LogP contribution in [0.15, 0.2) is 48.5 Å². The zero-order valence-corrected chi connectivity index (χ0v) is 11.8.